The van der Waals surface area contributed by atoms with Crippen molar-refractivity contribution in [1.82, 2.24) is 15.0 Å². The van der Waals surface area contributed by atoms with Crippen LogP contribution in [0.5, 0.6) is 0 Å². The van der Waals surface area contributed by atoms with Gasteiger partial charge in [-0.05, 0) is 25.7 Å². The molecule has 1 aromatic heterocycles. The summed E-state index contributed by atoms with van der Waals surface area (Å²) in [4.78, 5) is 0. The van der Waals surface area contributed by atoms with Gasteiger partial charge in [0.05, 0.1) is 17.9 Å². The lowest BCUT2D eigenvalue weighted by atomic mass is 9.98. The van der Waals surface area contributed by atoms with Gasteiger partial charge in [-0.3, -0.25) is 0 Å². The second-order valence-electron chi connectivity index (χ2n) is 4.21. The summed E-state index contributed by atoms with van der Waals surface area (Å²) in [7, 11) is 0. The van der Waals surface area contributed by atoms with Crippen LogP contribution < -0.4 is 0 Å². The van der Waals surface area contributed by atoms with Gasteiger partial charge in [0.2, 0.25) is 0 Å². The predicted molar refractivity (Wildman–Crippen MR) is 56.1 cm³/mol. The van der Waals surface area contributed by atoms with Crippen molar-refractivity contribution in [3.8, 4) is 0 Å². The Balaban J connectivity index is 1.94. The maximum Gasteiger partial charge on any atom is 0.0725 e. The number of unbranched alkanes of at least 4 members (excludes halogenated alkanes) is 2. The molecule has 0 bridgehead atoms. The summed E-state index contributed by atoms with van der Waals surface area (Å²) in [5.74, 6) is 0. The van der Waals surface area contributed by atoms with E-state index in [1.165, 1.54) is 44.2 Å². The van der Waals surface area contributed by atoms with Crippen LogP contribution in [-0.2, 0) is 6.42 Å². The molecule has 1 aliphatic rings. The number of fused-ring (bicyclic) bond motifs is 1. The molecule has 0 radical (unpaired) electrons. The lowest BCUT2D eigenvalue weighted by Gasteiger charge is -2.23. The van der Waals surface area contributed by atoms with Crippen LogP contribution in [0.25, 0.3) is 0 Å². The Morgan fingerprint density at radius 2 is 2.43 bits per heavy atom. The molecule has 1 atom stereocenters. The van der Waals surface area contributed by atoms with Gasteiger partial charge in [-0.2, -0.15) is 0 Å². The lowest BCUT2D eigenvalue weighted by Crippen LogP contribution is -2.18. The third kappa shape index (κ3) is 1.97. The van der Waals surface area contributed by atoms with E-state index in [0.29, 0.717) is 6.04 Å². The van der Waals surface area contributed by atoms with E-state index in [4.69, 9.17) is 0 Å². The highest BCUT2D eigenvalue weighted by atomic mass is 15.4. The highest BCUT2D eigenvalue weighted by Crippen LogP contribution is 2.27. The Hall–Kier alpha value is -0.860. The zero-order chi connectivity index (χ0) is 9.80. The SMILES string of the molecule is CCCCCC1CCCc2cnnn21. The first-order valence-electron chi connectivity index (χ1n) is 5.81. The monoisotopic (exact) mass is 193 g/mol. The molecule has 0 aromatic carbocycles. The molecule has 1 aliphatic heterocycles. The highest BCUT2D eigenvalue weighted by molar-refractivity contribution is 4.99. The van der Waals surface area contributed by atoms with Gasteiger partial charge in [-0.1, -0.05) is 31.4 Å². The number of aromatic nitrogens is 3. The van der Waals surface area contributed by atoms with Crippen molar-refractivity contribution in [2.24, 2.45) is 0 Å². The van der Waals surface area contributed by atoms with Crippen LogP contribution in [0.3, 0.4) is 0 Å². The van der Waals surface area contributed by atoms with Gasteiger partial charge in [0, 0.05) is 0 Å². The van der Waals surface area contributed by atoms with Gasteiger partial charge in [0.1, 0.15) is 0 Å². The van der Waals surface area contributed by atoms with E-state index < -0.39 is 0 Å². The summed E-state index contributed by atoms with van der Waals surface area (Å²) in [5.41, 5.74) is 1.33. The molecule has 2 heterocycles. The van der Waals surface area contributed by atoms with Crippen molar-refractivity contribution in [2.45, 2.75) is 57.9 Å². The molecule has 0 saturated carbocycles. The summed E-state index contributed by atoms with van der Waals surface area (Å²) < 4.78 is 2.15. The van der Waals surface area contributed by atoms with Crippen LogP contribution in [0.15, 0.2) is 6.20 Å². The second-order valence-corrected chi connectivity index (χ2v) is 4.21. The van der Waals surface area contributed by atoms with E-state index in [9.17, 15) is 0 Å². The fraction of sp³-hybridized carbons (Fsp3) is 0.818. The zero-order valence-corrected chi connectivity index (χ0v) is 8.95. The summed E-state index contributed by atoms with van der Waals surface area (Å²) in [6.07, 6.45) is 11.0. The topological polar surface area (TPSA) is 30.7 Å². The summed E-state index contributed by atoms with van der Waals surface area (Å²) in [6.45, 7) is 2.25. The van der Waals surface area contributed by atoms with E-state index in [1.807, 2.05) is 6.20 Å². The molecular formula is C11H19N3. The lowest BCUT2D eigenvalue weighted by molar-refractivity contribution is 0.331. The maximum atomic E-state index is 4.18. The minimum absolute atomic E-state index is 0.632. The molecular weight excluding hydrogens is 174 g/mol. The highest BCUT2D eigenvalue weighted by Gasteiger charge is 2.19. The van der Waals surface area contributed by atoms with Crippen molar-refractivity contribution < 1.29 is 0 Å². The molecule has 1 unspecified atom stereocenters. The molecule has 0 fully saturated rings. The van der Waals surface area contributed by atoms with E-state index >= 15 is 0 Å². The molecule has 0 aliphatic carbocycles. The number of rotatable bonds is 4. The van der Waals surface area contributed by atoms with Crippen LogP contribution in [0.2, 0.25) is 0 Å². The fourth-order valence-electron chi connectivity index (χ4n) is 2.29. The Kier molecular flexibility index (Phi) is 3.17. The third-order valence-corrected chi connectivity index (χ3v) is 3.11. The summed E-state index contributed by atoms with van der Waals surface area (Å²) in [6, 6.07) is 0.632. The van der Waals surface area contributed by atoms with E-state index in [-0.39, 0.29) is 0 Å². The van der Waals surface area contributed by atoms with E-state index in [2.05, 4.69) is 21.9 Å². The van der Waals surface area contributed by atoms with Crippen LogP contribution in [0.1, 0.15) is 57.2 Å². The van der Waals surface area contributed by atoms with Gasteiger partial charge in [-0.25, -0.2) is 4.68 Å². The Labute approximate surface area is 85.5 Å². The fourth-order valence-corrected chi connectivity index (χ4v) is 2.29. The molecule has 3 nitrogen and oxygen atoms in total. The smallest absolute Gasteiger partial charge is 0.0725 e. The Morgan fingerprint density at radius 3 is 3.29 bits per heavy atom. The first-order chi connectivity index (χ1) is 6.92. The van der Waals surface area contributed by atoms with E-state index in [1.54, 1.807) is 0 Å². The van der Waals surface area contributed by atoms with Crippen molar-refractivity contribution in [3.05, 3.63) is 11.9 Å². The van der Waals surface area contributed by atoms with Gasteiger partial charge in [0.25, 0.3) is 0 Å². The normalized spacial score (nSPS) is 20.8. The number of hydrogen-bond donors (Lipinski definition) is 0. The maximum absolute atomic E-state index is 4.18. The first kappa shape index (κ1) is 9.69. The minimum Gasteiger partial charge on any atom is -0.246 e. The molecule has 78 valence electrons. The predicted octanol–water partition coefficient (Wildman–Crippen LogP) is 2.74. The van der Waals surface area contributed by atoms with Gasteiger partial charge in [-0.15, -0.1) is 5.10 Å². The average molecular weight is 193 g/mol. The quantitative estimate of drug-likeness (QED) is 0.688. The van der Waals surface area contributed by atoms with Crippen LogP contribution >= 0.6 is 0 Å². The standard InChI is InChI=1S/C11H19N3/c1-2-3-4-6-10-7-5-8-11-9-12-13-14(10)11/h9-10H,2-8H2,1H3. The molecule has 1 aromatic rings. The third-order valence-electron chi connectivity index (χ3n) is 3.11. The molecule has 0 N–H and O–H groups in total. The summed E-state index contributed by atoms with van der Waals surface area (Å²) in [5, 5.41) is 8.18. The minimum atomic E-state index is 0.632. The molecule has 14 heavy (non-hydrogen) atoms. The van der Waals surface area contributed by atoms with Gasteiger partial charge < -0.3 is 0 Å². The van der Waals surface area contributed by atoms with Crippen molar-refractivity contribution in [2.75, 3.05) is 0 Å². The van der Waals surface area contributed by atoms with Crippen molar-refractivity contribution in [1.29, 1.82) is 0 Å². The number of nitrogens with zero attached hydrogens (tertiary/aromatic N) is 3. The van der Waals surface area contributed by atoms with Crippen molar-refractivity contribution >= 4 is 0 Å². The molecule has 0 saturated heterocycles. The largest absolute Gasteiger partial charge is 0.246 e. The molecule has 2 rings (SSSR count). The first-order valence-corrected chi connectivity index (χ1v) is 5.81. The van der Waals surface area contributed by atoms with E-state index in [0.717, 1.165) is 6.42 Å². The summed E-state index contributed by atoms with van der Waals surface area (Å²) >= 11 is 0. The van der Waals surface area contributed by atoms with Crippen LogP contribution in [0.4, 0.5) is 0 Å². The molecule has 0 spiro atoms. The molecule has 0 amide bonds. The van der Waals surface area contributed by atoms with Crippen LogP contribution in [-0.4, -0.2) is 15.0 Å². The number of hydrogen-bond acceptors (Lipinski definition) is 2. The second kappa shape index (κ2) is 4.58. The number of aryl methyl sites for hydroxylation is 1. The zero-order valence-electron chi connectivity index (χ0n) is 8.95. The van der Waals surface area contributed by atoms with Crippen molar-refractivity contribution in [3.63, 3.8) is 0 Å². The van der Waals surface area contributed by atoms with Gasteiger partial charge in [0.15, 0.2) is 0 Å². The Bertz CT molecular complexity index is 280. The Morgan fingerprint density at radius 1 is 1.50 bits per heavy atom. The van der Waals surface area contributed by atoms with Gasteiger partial charge >= 0.3 is 0 Å². The average Bonchev–Trinajstić information content (AvgIpc) is 2.67. The van der Waals surface area contributed by atoms with Crippen LogP contribution in [0, 0.1) is 0 Å². The molecule has 3 heteroatoms.